The van der Waals surface area contributed by atoms with E-state index in [2.05, 4.69) is 22.8 Å². The maximum absolute atomic E-state index is 11.2. The van der Waals surface area contributed by atoms with Gasteiger partial charge in [-0.2, -0.15) is 0 Å². The second-order valence-electron chi connectivity index (χ2n) is 4.20. The van der Waals surface area contributed by atoms with Crippen LogP contribution >= 0.6 is 0 Å². The summed E-state index contributed by atoms with van der Waals surface area (Å²) in [5.74, 6) is 0. The van der Waals surface area contributed by atoms with Crippen LogP contribution in [0.3, 0.4) is 0 Å². The molecule has 1 aromatic carbocycles. The van der Waals surface area contributed by atoms with Gasteiger partial charge in [0.2, 0.25) is 0 Å². The predicted molar refractivity (Wildman–Crippen MR) is 61.7 cm³/mol. The van der Waals surface area contributed by atoms with Gasteiger partial charge in [-0.05, 0) is 19.1 Å². The molecule has 2 aromatic rings. The molecule has 16 heavy (non-hydrogen) atoms. The molecular weight excluding hydrogens is 202 g/mol. The fraction of sp³-hybridized carbons (Fsp3) is 0.308. The standard InChI is InChI=1S/C13H13NO2/c1-9-2-3-12-10(6-9)11(7-15)13-8-16-5-4-14(12)13/h2-3,6-7H,4-5,8H2,1H3. The Balaban J connectivity index is 2.41. The Morgan fingerprint density at radius 1 is 1.44 bits per heavy atom. The van der Waals surface area contributed by atoms with Gasteiger partial charge in [0.25, 0.3) is 0 Å². The van der Waals surface area contributed by atoms with E-state index in [9.17, 15) is 4.79 Å². The van der Waals surface area contributed by atoms with Crippen molar-refractivity contribution in [1.29, 1.82) is 0 Å². The summed E-state index contributed by atoms with van der Waals surface area (Å²) in [5, 5.41) is 1.05. The third-order valence-corrected chi connectivity index (χ3v) is 3.19. The van der Waals surface area contributed by atoms with Crippen molar-refractivity contribution in [3.05, 3.63) is 35.0 Å². The zero-order chi connectivity index (χ0) is 11.1. The van der Waals surface area contributed by atoms with Crippen molar-refractivity contribution in [3.8, 4) is 0 Å². The molecule has 0 amide bonds. The average Bonchev–Trinajstić information content (AvgIpc) is 2.61. The first-order chi connectivity index (χ1) is 7.81. The summed E-state index contributed by atoms with van der Waals surface area (Å²) in [6.45, 7) is 4.15. The Bertz CT molecular complexity index is 569. The van der Waals surface area contributed by atoms with Crippen LogP contribution < -0.4 is 0 Å². The van der Waals surface area contributed by atoms with Crippen molar-refractivity contribution < 1.29 is 9.53 Å². The first-order valence-electron chi connectivity index (χ1n) is 5.46. The lowest BCUT2D eigenvalue weighted by Crippen LogP contribution is -2.16. The molecule has 0 atom stereocenters. The zero-order valence-corrected chi connectivity index (χ0v) is 9.19. The van der Waals surface area contributed by atoms with E-state index in [4.69, 9.17) is 4.74 Å². The summed E-state index contributed by atoms with van der Waals surface area (Å²) in [7, 11) is 0. The number of fused-ring (bicyclic) bond motifs is 3. The van der Waals surface area contributed by atoms with E-state index in [1.54, 1.807) is 0 Å². The highest BCUT2D eigenvalue weighted by atomic mass is 16.5. The van der Waals surface area contributed by atoms with Crippen molar-refractivity contribution in [2.45, 2.75) is 20.1 Å². The van der Waals surface area contributed by atoms with Crippen molar-refractivity contribution in [2.75, 3.05) is 6.61 Å². The average molecular weight is 215 g/mol. The first-order valence-corrected chi connectivity index (χ1v) is 5.46. The molecule has 3 rings (SSSR count). The molecule has 0 N–H and O–H groups in total. The van der Waals surface area contributed by atoms with Crippen LogP contribution in [0, 0.1) is 6.92 Å². The van der Waals surface area contributed by atoms with Gasteiger partial charge in [0.1, 0.15) is 0 Å². The summed E-state index contributed by atoms with van der Waals surface area (Å²) < 4.78 is 7.61. The first kappa shape index (κ1) is 9.60. The molecule has 0 fully saturated rings. The number of aryl methyl sites for hydroxylation is 1. The Kier molecular flexibility index (Phi) is 2.07. The highest BCUT2D eigenvalue weighted by Crippen LogP contribution is 2.28. The number of hydrogen-bond acceptors (Lipinski definition) is 2. The molecule has 0 saturated carbocycles. The van der Waals surface area contributed by atoms with Gasteiger partial charge in [0.15, 0.2) is 6.29 Å². The maximum atomic E-state index is 11.2. The number of hydrogen-bond donors (Lipinski definition) is 0. The minimum atomic E-state index is 0.543. The molecule has 0 radical (unpaired) electrons. The van der Waals surface area contributed by atoms with Crippen molar-refractivity contribution in [3.63, 3.8) is 0 Å². The van der Waals surface area contributed by atoms with Gasteiger partial charge in [-0.15, -0.1) is 0 Å². The van der Waals surface area contributed by atoms with Crippen molar-refractivity contribution in [2.24, 2.45) is 0 Å². The van der Waals surface area contributed by atoms with Gasteiger partial charge in [-0.25, -0.2) is 0 Å². The van der Waals surface area contributed by atoms with E-state index in [1.165, 1.54) is 5.56 Å². The number of carbonyl (C=O) groups is 1. The summed E-state index contributed by atoms with van der Waals surface area (Å²) in [6, 6.07) is 6.25. The number of rotatable bonds is 1. The Morgan fingerprint density at radius 3 is 3.12 bits per heavy atom. The van der Waals surface area contributed by atoms with E-state index in [0.717, 1.165) is 41.6 Å². The Hall–Kier alpha value is -1.61. The van der Waals surface area contributed by atoms with E-state index in [-0.39, 0.29) is 0 Å². The summed E-state index contributed by atoms with van der Waals surface area (Å²) in [5.41, 5.74) is 4.13. The van der Waals surface area contributed by atoms with Gasteiger partial charge in [-0.3, -0.25) is 4.79 Å². The highest BCUT2D eigenvalue weighted by molar-refractivity contribution is 5.99. The van der Waals surface area contributed by atoms with E-state index < -0.39 is 0 Å². The molecule has 0 saturated heterocycles. The number of benzene rings is 1. The molecule has 82 valence electrons. The summed E-state index contributed by atoms with van der Waals surface area (Å²) >= 11 is 0. The van der Waals surface area contributed by atoms with Crippen LogP contribution in [-0.2, 0) is 17.9 Å². The third-order valence-electron chi connectivity index (χ3n) is 3.19. The van der Waals surface area contributed by atoms with Crippen LogP contribution in [0.1, 0.15) is 21.6 Å². The highest BCUT2D eigenvalue weighted by Gasteiger charge is 2.19. The third kappa shape index (κ3) is 1.21. The number of aldehydes is 1. The molecule has 1 aliphatic rings. The molecule has 0 spiro atoms. The molecule has 2 heterocycles. The van der Waals surface area contributed by atoms with Crippen molar-refractivity contribution in [1.82, 2.24) is 4.57 Å². The lowest BCUT2D eigenvalue weighted by atomic mass is 10.1. The normalized spacial score (nSPS) is 15.1. The monoisotopic (exact) mass is 215 g/mol. The van der Waals surface area contributed by atoms with Gasteiger partial charge in [0.05, 0.1) is 18.9 Å². The summed E-state index contributed by atoms with van der Waals surface area (Å²) in [4.78, 5) is 11.2. The van der Waals surface area contributed by atoms with E-state index >= 15 is 0 Å². The molecule has 1 aromatic heterocycles. The Labute approximate surface area is 93.6 Å². The van der Waals surface area contributed by atoms with Crippen LogP contribution in [0.2, 0.25) is 0 Å². The topological polar surface area (TPSA) is 31.2 Å². The van der Waals surface area contributed by atoms with Gasteiger partial charge >= 0.3 is 0 Å². The van der Waals surface area contributed by atoms with E-state index in [1.807, 2.05) is 6.92 Å². The molecule has 0 aliphatic carbocycles. The molecule has 3 heteroatoms. The quantitative estimate of drug-likeness (QED) is 0.683. The van der Waals surface area contributed by atoms with Gasteiger partial charge in [0, 0.05) is 23.0 Å². The van der Waals surface area contributed by atoms with Crippen molar-refractivity contribution >= 4 is 17.2 Å². The van der Waals surface area contributed by atoms with Crippen LogP contribution in [0.25, 0.3) is 10.9 Å². The second kappa shape index (κ2) is 3.46. The smallest absolute Gasteiger partial charge is 0.152 e. The minimum absolute atomic E-state index is 0.543. The zero-order valence-electron chi connectivity index (χ0n) is 9.19. The van der Waals surface area contributed by atoms with Gasteiger partial charge in [-0.1, -0.05) is 11.6 Å². The predicted octanol–water partition coefficient (Wildman–Crippen LogP) is 2.29. The lowest BCUT2D eigenvalue weighted by Gasteiger charge is -2.16. The second-order valence-corrected chi connectivity index (χ2v) is 4.20. The molecule has 0 unspecified atom stereocenters. The number of aromatic nitrogens is 1. The maximum Gasteiger partial charge on any atom is 0.152 e. The van der Waals surface area contributed by atoms with Crippen LogP contribution in [-0.4, -0.2) is 17.5 Å². The molecule has 3 nitrogen and oxygen atoms in total. The fourth-order valence-electron chi connectivity index (χ4n) is 2.41. The van der Waals surface area contributed by atoms with Crippen LogP contribution in [0.5, 0.6) is 0 Å². The van der Waals surface area contributed by atoms with Gasteiger partial charge < -0.3 is 9.30 Å². The van der Waals surface area contributed by atoms with Crippen LogP contribution in [0.4, 0.5) is 0 Å². The summed E-state index contributed by atoms with van der Waals surface area (Å²) in [6.07, 6.45) is 0.947. The lowest BCUT2D eigenvalue weighted by molar-refractivity contribution is 0.0849. The molecule has 1 aliphatic heterocycles. The molecule has 0 bridgehead atoms. The number of nitrogens with zero attached hydrogens (tertiary/aromatic N) is 1. The number of ether oxygens (including phenoxy) is 1. The Morgan fingerprint density at radius 2 is 2.31 bits per heavy atom. The largest absolute Gasteiger partial charge is 0.373 e. The fourth-order valence-corrected chi connectivity index (χ4v) is 2.41. The van der Waals surface area contributed by atoms with Crippen LogP contribution in [0.15, 0.2) is 18.2 Å². The SMILES string of the molecule is Cc1ccc2c(c1)c(C=O)c1n2CCOC1. The van der Waals surface area contributed by atoms with E-state index in [0.29, 0.717) is 6.61 Å². The molecular formula is C13H13NO2. The number of carbonyl (C=O) groups excluding carboxylic acids is 1. The minimum Gasteiger partial charge on any atom is -0.373 e.